The Labute approximate surface area is 107 Å². The second-order valence-electron chi connectivity index (χ2n) is 4.39. The van der Waals surface area contributed by atoms with Crippen LogP contribution in [-0.4, -0.2) is 45.7 Å². The molecule has 1 saturated heterocycles. The van der Waals surface area contributed by atoms with Gasteiger partial charge in [0.1, 0.15) is 0 Å². The molecule has 0 N–H and O–H groups in total. The average Bonchev–Trinajstić information content (AvgIpc) is 2.69. The summed E-state index contributed by atoms with van der Waals surface area (Å²) < 4.78 is 48.5. The van der Waals surface area contributed by atoms with Crippen LogP contribution >= 0.6 is 0 Å². The highest BCUT2D eigenvalue weighted by atomic mass is 32.2. The number of rotatable bonds is 3. The lowest BCUT2D eigenvalue weighted by atomic mass is 10.3. The Morgan fingerprint density at radius 3 is 2.33 bits per heavy atom. The molecule has 2 rings (SSSR count). The van der Waals surface area contributed by atoms with E-state index in [9.17, 15) is 16.8 Å². The molecule has 0 amide bonds. The first-order valence-electron chi connectivity index (χ1n) is 5.56. The van der Waals surface area contributed by atoms with Gasteiger partial charge in [-0.3, -0.25) is 0 Å². The van der Waals surface area contributed by atoms with Gasteiger partial charge in [0, 0.05) is 13.1 Å². The van der Waals surface area contributed by atoms with E-state index in [-0.39, 0.29) is 16.4 Å². The Bertz CT molecular complexity index is 622. The Morgan fingerprint density at radius 1 is 1.22 bits per heavy atom. The monoisotopic (exact) mass is 289 g/mol. The number of sulfonamides is 1. The molecule has 1 fully saturated rings. The lowest BCUT2D eigenvalue weighted by Gasteiger charge is -2.22. The topological polar surface area (TPSA) is 71.5 Å². The van der Waals surface area contributed by atoms with E-state index in [4.69, 9.17) is 0 Å². The lowest BCUT2D eigenvalue weighted by molar-refractivity contribution is 0.394. The summed E-state index contributed by atoms with van der Waals surface area (Å²) in [5.74, 6) is -0.0259. The Morgan fingerprint density at radius 2 is 1.83 bits per heavy atom. The maximum Gasteiger partial charge on any atom is 0.243 e. The van der Waals surface area contributed by atoms with Gasteiger partial charge >= 0.3 is 0 Å². The fraction of sp³-hybridized carbons (Fsp3) is 0.455. The van der Waals surface area contributed by atoms with Gasteiger partial charge in [-0.05, 0) is 18.6 Å². The SMILES string of the molecule is CN([C@@H]1CCS(=O)(=O)C1)S(=O)(=O)c1ccccc1. The second-order valence-corrected chi connectivity index (χ2v) is 8.62. The molecule has 1 aromatic rings. The smallest absolute Gasteiger partial charge is 0.229 e. The van der Waals surface area contributed by atoms with Gasteiger partial charge in [-0.15, -0.1) is 0 Å². The zero-order chi connectivity index (χ0) is 13.4. The molecule has 0 radical (unpaired) electrons. The predicted octanol–water partition coefficient (Wildman–Crippen LogP) is 0.494. The molecule has 0 spiro atoms. The number of sulfone groups is 1. The summed E-state index contributed by atoms with van der Waals surface area (Å²) >= 11 is 0. The fourth-order valence-electron chi connectivity index (χ4n) is 2.02. The third kappa shape index (κ3) is 2.57. The van der Waals surface area contributed by atoms with Gasteiger partial charge in [-0.2, -0.15) is 4.31 Å². The molecular weight excluding hydrogens is 274 g/mol. The van der Waals surface area contributed by atoms with E-state index in [1.807, 2.05) is 0 Å². The molecule has 7 heteroatoms. The number of benzene rings is 1. The molecule has 0 aromatic heterocycles. The van der Waals surface area contributed by atoms with Crippen LogP contribution in [0.3, 0.4) is 0 Å². The fourth-order valence-corrected chi connectivity index (χ4v) is 5.29. The molecule has 18 heavy (non-hydrogen) atoms. The third-order valence-electron chi connectivity index (χ3n) is 3.14. The van der Waals surface area contributed by atoms with Crippen molar-refractivity contribution in [2.75, 3.05) is 18.6 Å². The first-order chi connectivity index (χ1) is 8.33. The van der Waals surface area contributed by atoms with E-state index >= 15 is 0 Å². The van der Waals surface area contributed by atoms with Crippen LogP contribution in [-0.2, 0) is 19.9 Å². The lowest BCUT2D eigenvalue weighted by Crippen LogP contribution is -2.37. The third-order valence-corrected chi connectivity index (χ3v) is 6.82. The highest BCUT2D eigenvalue weighted by Crippen LogP contribution is 2.22. The van der Waals surface area contributed by atoms with Gasteiger partial charge in [-0.25, -0.2) is 16.8 Å². The summed E-state index contributed by atoms with van der Waals surface area (Å²) in [6, 6.07) is 7.59. The van der Waals surface area contributed by atoms with E-state index in [1.165, 1.54) is 23.5 Å². The molecule has 0 bridgehead atoms. The van der Waals surface area contributed by atoms with Crippen LogP contribution in [0.15, 0.2) is 35.2 Å². The molecule has 1 heterocycles. The molecule has 1 aliphatic heterocycles. The molecule has 0 unspecified atom stereocenters. The number of nitrogens with zero attached hydrogens (tertiary/aromatic N) is 1. The zero-order valence-electron chi connectivity index (χ0n) is 9.98. The summed E-state index contributed by atoms with van der Waals surface area (Å²) in [5, 5.41) is 0. The van der Waals surface area contributed by atoms with E-state index in [0.717, 1.165) is 0 Å². The summed E-state index contributed by atoms with van der Waals surface area (Å²) in [6.45, 7) is 0. The highest BCUT2D eigenvalue weighted by molar-refractivity contribution is 7.92. The Balaban J connectivity index is 2.27. The van der Waals surface area contributed by atoms with Gasteiger partial charge < -0.3 is 0 Å². The van der Waals surface area contributed by atoms with Gasteiger partial charge in [0.2, 0.25) is 10.0 Å². The van der Waals surface area contributed by atoms with Crippen molar-refractivity contribution in [1.82, 2.24) is 4.31 Å². The maximum atomic E-state index is 12.3. The van der Waals surface area contributed by atoms with Crippen LogP contribution in [0.5, 0.6) is 0 Å². The van der Waals surface area contributed by atoms with Crippen LogP contribution in [0.2, 0.25) is 0 Å². The molecule has 1 aliphatic rings. The van der Waals surface area contributed by atoms with E-state index in [2.05, 4.69) is 0 Å². The molecular formula is C11H15NO4S2. The second kappa shape index (κ2) is 4.64. The minimum Gasteiger partial charge on any atom is -0.229 e. The van der Waals surface area contributed by atoms with Crippen molar-refractivity contribution in [3.63, 3.8) is 0 Å². The van der Waals surface area contributed by atoms with Gasteiger partial charge in [0.15, 0.2) is 9.84 Å². The highest BCUT2D eigenvalue weighted by Gasteiger charge is 2.36. The summed E-state index contributed by atoms with van der Waals surface area (Å²) in [7, 11) is -5.25. The minimum atomic E-state index is -3.60. The van der Waals surface area contributed by atoms with Crippen molar-refractivity contribution >= 4 is 19.9 Å². The van der Waals surface area contributed by atoms with Crippen molar-refractivity contribution in [3.8, 4) is 0 Å². The average molecular weight is 289 g/mol. The van der Waals surface area contributed by atoms with Crippen molar-refractivity contribution in [3.05, 3.63) is 30.3 Å². The summed E-state index contributed by atoms with van der Waals surface area (Å²) in [6.07, 6.45) is 0.366. The largest absolute Gasteiger partial charge is 0.243 e. The van der Waals surface area contributed by atoms with Crippen molar-refractivity contribution < 1.29 is 16.8 Å². The molecule has 0 aliphatic carbocycles. The van der Waals surface area contributed by atoms with Crippen LogP contribution in [0, 0.1) is 0 Å². The quantitative estimate of drug-likeness (QED) is 0.812. The Kier molecular flexibility index (Phi) is 3.48. The number of hydrogen-bond donors (Lipinski definition) is 0. The first kappa shape index (κ1) is 13.5. The van der Waals surface area contributed by atoms with Crippen molar-refractivity contribution in [1.29, 1.82) is 0 Å². The molecule has 0 saturated carbocycles. The predicted molar refractivity (Wildman–Crippen MR) is 68.4 cm³/mol. The molecule has 1 atom stereocenters. The van der Waals surface area contributed by atoms with E-state index in [0.29, 0.717) is 6.42 Å². The van der Waals surface area contributed by atoms with Crippen molar-refractivity contribution in [2.45, 2.75) is 17.4 Å². The van der Waals surface area contributed by atoms with Crippen LogP contribution in [0.4, 0.5) is 0 Å². The zero-order valence-corrected chi connectivity index (χ0v) is 11.6. The number of hydrogen-bond acceptors (Lipinski definition) is 4. The van der Waals surface area contributed by atoms with Gasteiger partial charge in [0.25, 0.3) is 0 Å². The normalized spacial score (nSPS) is 23.3. The van der Waals surface area contributed by atoms with Crippen molar-refractivity contribution in [2.24, 2.45) is 0 Å². The Hall–Kier alpha value is -0.920. The maximum absolute atomic E-state index is 12.3. The molecule has 1 aromatic carbocycles. The van der Waals surface area contributed by atoms with Crippen LogP contribution in [0.1, 0.15) is 6.42 Å². The van der Waals surface area contributed by atoms with E-state index < -0.39 is 25.9 Å². The van der Waals surface area contributed by atoms with Gasteiger partial charge in [-0.1, -0.05) is 18.2 Å². The minimum absolute atomic E-state index is 0.0618. The van der Waals surface area contributed by atoms with Crippen LogP contribution in [0.25, 0.3) is 0 Å². The first-order valence-corrected chi connectivity index (χ1v) is 8.82. The molecule has 100 valence electrons. The standard InChI is InChI=1S/C11H15NO4S2/c1-12(10-7-8-17(13,14)9-10)18(15,16)11-5-3-2-4-6-11/h2-6,10H,7-9H2,1H3/t10-/m1/s1. The van der Waals surface area contributed by atoms with Gasteiger partial charge in [0.05, 0.1) is 16.4 Å². The van der Waals surface area contributed by atoms with Crippen LogP contribution < -0.4 is 0 Å². The molecule has 5 nitrogen and oxygen atoms in total. The summed E-state index contributed by atoms with van der Waals surface area (Å²) in [5.41, 5.74) is 0. The van der Waals surface area contributed by atoms with E-state index in [1.54, 1.807) is 18.2 Å². The summed E-state index contributed by atoms with van der Waals surface area (Å²) in [4.78, 5) is 0.191.